The molecule has 0 spiro atoms. The van der Waals surface area contributed by atoms with Gasteiger partial charge in [0.1, 0.15) is 23.0 Å². The van der Waals surface area contributed by atoms with Crippen LogP contribution in [0.4, 0.5) is 34.1 Å². The summed E-state index contributed by atoms with van der Waals surface area (Å²) in [5, 5.41) is 0. The molecule has 2 amide bonds. The Morgan fingerprint density at radius 1 is 0.346 bits per heavy atom. The minimum Gasteiger partial charge on any atom is -0.497 e. The Bertz CT molecular complexity index is 1840. The number of methoxy groups -OCH3 is 4. The number of nitrogens with one attached hydrogen (secondary N) is 2. The molecule has 0 saturated heterocycles. The molecule has 0 atom stereocenters. The highest BCUT2D eigenvalue weighted by molar-refractivity contribution is 5.99. The molecule has 2 N–H and O–H groups in total. The number of hydrazine groups is 1. The van der Waals surface area contributed by atoms with E-state index in [1.165, 1.54) is 0 Å². The third kappa shape index (κ3) is 7.92. The summed E-state index contributed by atoms with van der Waals surface area (Å²) in [7, 11) is 6.50. The second-order valence-corrected chi connectivity index (χ2v) is 11.5. The standard InChI is InChI=1S/C42H38N4O6/c1-49-37-21-13-33(14-22-37)45(34-15-23-38(50-2)24-16-34)31-9-5-29(6-10-31)41(47)43-44-42(48)30-7-11-32(12-8-30)46(35-17-25-39(51-3)26-18-35)36-19-27-40(52-4)28-20-36/h5-28H,1-4H3,(H,43,47)(H,44,48). The van der Waals surface area contributed by atoms with Crippen LogP contribution in [0.3, 0.4) is 0 Å². The fourth-order valence-corrected chi connectivity index (χ4v) is 5.60. The van der Waals surface area contributed by atoms with E-state index in [1.54, 1.807) is 52.7 Å². The van der Waals surface area contributed by atoms with Crippen molar-refractivity contribution in [2.24, 2.45) is 0 Å². The first-order valence-corrected chi connectivity index (χ1v) is 16.4. The molecule has 0 saturated carbocycles. The fourth-order valence-electron chi connectivity index (χ4n) is 5.60. The molecular formula is C42H38N4O6. The van der Waals surface area contributed by atoms with E-state index in [0.29, 0.717) is 11.1 Å². The first-order valence-electron chi connectivity index (χ1n) is 16.4. The first kappa shape index (κ1) is 34.9. The smallest absolute Gasteiger partial charge is 0.269 e. The van der Waals surface area contributed by atoms with Crippen molar-refractivity contribution in [3.05, 3.63) is 157 Å². The topological polar surface area (TPSA) is 102 Å². The van der Waals surface area contributed by atoms with Crippen molar-refractivity contribution in [1.29, 1.82) is 0 Å². The Morgan fingerprint density at radius 2 is 0.538 bits per heavy atom. The molecule has 0 radical (unpaired) electrons. The molecule has 0 fully saturated rings. The first-order chi connectivity index (χ1) is 25.4. The number of nitrogens with zero attached hydrogens (tertiary/aromatic N) is 2. The molecule has 6 aromatic carbocycles. The van der Waals surface area contributed by atoms with Crippen LogP contribution in [-0.4, -0.2) is 40.3 Å². The molecule has 262 valence electrons. The maximum absolute atomic E-state index is 13.1. The number of amides is 2. The van der Waals surface area contributed by atoms with E-state index in [4.69, 9.17) is 18.9 Å². The van der Waals surface area contributed by atoms with Crippen LogP contribution in [0.5, 0.6) is 23.0 Å². The second kappa shape index (κ2) is 16.2. The van der Waals surface area contributed by atoms with Crippen LogP contribution in [0.25, 0.3) is 0 Å². The summed E-state index contributed by atoms with van der Waals surface area (Å²) in [6.45, 7) is 0. The van der Waals surface area contributed by atoms with Gasteiger partial charge in [0.05, 0.1) is 28.4 Å². The fraction of sp³-hybridized carbons (Fsp3) is 0.0952. The van der Waals surface area contributed by atoms with Crippen molar-refractivity contribution in [1.82, 2.24) is 10.9 Å². The zero-order chi connectivity index (χ0) is 36.5. The van der Waals surface area contributed by atoms with Gasteiger partial charge in [-0.05, 0) is 146 Å². The van der Waals surface area contributed by atoms with E-state index in [9.17, 15) is 9.59 Å². The Morgan fingerprint density at radius 3 is 0.731 bits per heavy atom. The number of carbonyl (C=O) groups is 2. The monoisotopic (exact) mass is 694 g/mol. The van der Waals surface area contributed by atoms with Gasteiger partial charge in [-0.3, -0.25) is 20.4 Å². The van der Waals surface area contributed by atoms with Gasteiger partial charge in [-0.1, -0.05) is 0 Å². The van der Waals surface area contributed by atoms with Crippen molar-refractivity contribution in [3.8, 4) is 23.0 Å². The van der Waals surface area contributed by atoms with Crippen LogP contribution in [0.2, 0.25) is 0 Å². The molecule has 0 aromatic heterocycles. The van der Waals surface area contributed by atoms with Crippen molar-refractivity contribution >= 4 is 45.9 Å². The third-order valence-electron chi connectivity index (χ3n) is 8.39. The van der Waals surface area contributed by atoms with E-state index in [2.05, 4.69) is 20.7 Å². The number of ether oxygens (including phenoxy) is 4. The summed E-state index contributed by atoms with van der Waals surface area (Å²) >= 11 is 0. The van der Waals surface area contributed by atoms with Gasteiger partial charge in [0, 0.05) is 45.3 Å². The van der Waals surface area contributed by atoms with E-state index >= 15 is 0 Å². The molecule has 0 heterocycles. The Balaban J connectivity index is 1.15. The zero-order valence-corrected chi connectivity index (χ0v) is 29.2. The van der Waals surface area contributed by atoms with Gasteiger partial charge in [0.15, 0.2) is 0 Å². The van der Waals surface area contributed by atoms with E-state index < -0.39 is 11.8 Å². The summed E-state index contributed by atoms with van der Waals surface area (Å²) in [6.07, 6.45) is 0. The maximum atomic E-state index is 13.1. The number of anilines is 6. The molecule has 10 heteroatoms. The zero-order valence-electron chi connectivity index (χ0n) is 29.2. The highest BCUT2D eigenvalue weighted by Gasteiger charge is 2.17. The summed E-state index contributed by atoms with van der Waals surface area (Å²) in [5.41, 5.74) is 11.1. The molecule has 0 aliphatic rings. The van der Waals surface area contributed by atoms with Gasteiger partial charge >= 0.3 is 0 Å². The van der Waals surface area contributed by atoms with Gasteiger partial charge in [-0.25, -0.2) is 0 Å². The van der Waals surface area contributed by atoms with Crippen molar-refractivity contribution in [3.63, 3.8) is 0 Å². The third-order valence-corrected chi connectivity index (χ3v) is 8.39. The lowest BCUT2D eigenvalue weighted by atomic mass is 10.1. The van der Waals surface area contributed by atoms with Crippen LogP contribution in [0.15, 0.2) is 146 Å². The quantitative estimate of drug-likeness (QED) is 0.123. The van der Waals surface area contributed by atoms with Gasteiger partial charge in [0.25, 0.3) is 11.8 Å². The minimum atomic E-state index is -0.456. The minimum absolute atomic E-state index is 0.374. The van der Waals surface area contributed by atoms with Gasteiger partial charge in [-0.2, -0.15) is 0 Å². The van der Waals surface area contributed by atoms with E-state index in [1.807, 2.05) is 121 Å². The van der Waals surface area contributed by atoms with Crippen molar-refractivity contribution in [2.45, 2.75) is 0 Å². The average molecular weight is 695 g/mol. The molecule has 10 nitrogen and oxygen atoms in total. The number of hydrogen-bond acceptors (Lipinski definition) is 8. The Labute approximate surface area is 302 Å². The average Bonchev–Trinajstić information content (AvgIpc) is 3.21. The van der Waals surface area contributed by atoms with Crippen LogP contribution >= 0.6 is 0 Å². The van der Waals surface area contributed by atoms with E-state index in [-0.39, 0.29) is 0 Å². The molecule has 0 aliphatic carbocycles. The molecule has 0 aliphatic heterocycles. The van der Waals surface area contributed by atoms with Gasteiger partial charge < -0.3 is 28.7 Å². The molecular weight excluding hydrogens is 656 g/mol. The van der Waals surface area contributed by atoms with E-state index in [0.717, 1.165) is 57.1 Å². The molecule has 6 rings (SSSR count). The summed E-state index contributed by atoms with van der Waals surface area (Å²) in [5.74, 6) is 2.06. The lowest BCUT2D eigenvalue weighted by Gasteiger charge is -2.26. The van der Waals surface area contributed by atoms with Crippen LogP contribution in [0.1, 0.15) is 20.7 Å². The van der Waals surface area contributed by atoms with Gasteiger partial charge in [-0.15, -0.1) is 0 Å². The number of hydrogen-bond donors (Lipinski definition) is 2. The number of rotatable bonds is 12. The number of benzene rings is 6. The summed E-state index contributed by atoms with van der Waals surface area (Å²) in [6, 6.07) is 45.0. The predicted octanol–water partition coefficient (Wildman–Crippen LogP) is 8.74. The highest BCUT2D eigenvalue weighted by Crippen LogP contribution is 2.37. The Kier molecular flexibility index (Phi) is 10.9. The lowest BCUT2D eigenvalue weighted by Crippen LogP contribution is -2.41. The molecule has 0 bridgehead atoms. The van der Waals surface area contributed by atoms with Crippen molar-refractivity contribution in [2.75, 3.05) is 38.2 Å². The normalized spacial score (nSPS) is 10.5. The van der Waals surface area contributed by atoms with Crippen LogP contribution in [-0.2, 0) is 0 Å². The number of carbonyl (C=O) groups excluding carboxylic acids is 2. The van der Waals surface area contributed by atoms with Crippen LogP contribution in [0, 0.1) is 0 Å². The molecule has 0 unspecified atom stereocenters. The summed E-state index contributed by atoms with van der Waals surface area (Å²) < 4.78 is 21.4. The van der Waals surface area contributed by atoms with Crippen LogP contribution < -0.4 is 39.6 Å². The summed E-state index contributed by atoms with van der Waals surface area (Å²) in [4.78, 5) is 30.3. The largest absolute Gasteiger partial charge is 0.497 e. The van der Waals surface area contributed by atoms with Crippen molar-refractivity contribution < 1.29 is 28.5 Å². The lowest BCUT2D eigenvalue weighted by molar-refractivity contribution is 0.0846. The predicted molar refractivity (Wildman–Crippen MR) is 203 cm³/mol. The Hall–Kier alpha value is -6.94. The molecule has 6 aromatic rings. The molecule has 52 heavy (non-hydrogen) atoms. The second-order valence-electron chi connectivity index (χ2n) is 11.5. The van der Waals surface area contributed by atoms with Gasteiger partial charge in [0.2, 0.25) is 0 Å². The SMILES string of the molecule is COc1ccc(N(c2ccc(OC)cc2)c2ccc(C(=O)NNC(=O)c3ccc(N(c4ccc(OC)cc4)c4ccc(OC)cc4)cc3)cc2)cc1. The maximum Gasteiger partial charge on any atom is 0.269 e. The highest BCUT2D eigenvalue weighted by atomic mass is 16.5.